The lowest BCUT2D eigenvalue weighted by Crippen LogP contribution is -2.56. The van der Waals surface area contributed by atoms with Crippen LogP contribution in [0.1, 0.15) is 67.4 Å². The second-order valence-electron chi connectivity index (χ2n) is 13.7. The highest BCUT2D eigenvalue weighted by Gasteiger charge is 2.49. The monoisotopic (exact) mass is 655 g/mol. The normalized spacial score (nSPS) is 33.5. The Morgan fingerprint density at radius 2 is 2.00 bits per heavy atom. The van der Waals surface area contributed by atoms with Crippen LogP contribution in [0.2, 0.25) is 5.02 Å². The van der Waals surface area contributed by atoms with Crippen LogP contribution in [0.25, 0.3) is 0 Å². The Bertz CT molecular complexity index is 1580. The Morgan fingerprint density at radius 3 is 2.73 bits per heavy atom. The Balaban J connectivity index is 1.46. The lowest BCUT2D eigenvalue weighted by molar-refractivity contribution is -0.0723. The number of hydrogen-bond donors (Lipinski definition) is 2. The van der Waals surface area contributed by atoms with E-state index in [1.54, 1.807) is 20.1 Å². The molecular weight excluding hydrogens is 610 g/mol. The second kappa shape index (κ2) is 12.5. The average molecular weight is 656 g/mol. The van der Waals surface area contributed by atoms with Crippen LogP contribution in [0.3, 0.4) is 0 Å². The number of benzene rings is 2. The fraction of sp³-hybridized carbons (Fsp3) is 0.571. The standard InChI is InChI=1S/C35H46ClN3O5S/c1-23-7-5-16-35(43-4,20-37-3)30-12-9-27(30)19-39-21-34(15-6-8-25-17-28(36)11-13-29(25)34)22-44-32-14-10-26(18-31(32)39)33(40)38-45(41,42)24(23)2/h5,10-11,13-14,16-18,23-24,27,30,37H,6-9,12,15,19-22H2,1-4H3,(H,38,40)/b16-5+/t23-,24+,27-,30+,34-,35+/m0/s1. The molecule has 6 rings (SSSR count). The minimum atomic E-state index is -3.92. The first-order chi connectivity index (χ1) is 21.5. The molecule has 2 aromatic rings. The third kappa shape index (κ3) is 6.01. The number of amides is 1. The summed E-state index contributed by atoms with van der Waals surface area (Å²) in [7, 11) is -0.197. The summed E-state index contributed by atoms with van der Waals surface area (Å²) in [6.07, 6.45) is 9.89. The average Bonchev–Trinajstić information content (AvgIpc) is 3.15. The van der Waals surface area contributed by atoms with Gasteiger partial charge in [-0.25, -0.2) is 13.1 Å². The van der Waals surface area contributed by atoms with E-state index in [1.807, 2.05) is 32.2 Å². The van der Waals surface area contributed by atoms with Crippen LogP contribution in [0.5, 0.6) is 5.75 Å². The van der Waals surface area contributed by atoms with Crippen molar-refractivity contribution in [1.82, 2.24) is 10.0 Å². The number of aryl methyl sites for hydroxylation is 1. The molecule has 2 aromatic carbocycles. The summed E-state index contributed by atoms with van der Waals surface area (Å²) in [6.45, 7) is 6.23. The number of anilines is 1. The van der Waals surface area contributed by atoms with Crippen molar-refractivity contribution < 1.29 is 22.7 Å². The maximum Gasteiger partial charge on any atom is 0.264 e. The van der Waals surface area contributed by atoms with Gasteiger partial charge in [0.05, 0.1) is 17.5 Å². The maximum atomic E-state index is 13.5. The number of ether oxygens (including phenoxy) is 2. The number of carbonyl (C=O) groups is 1. The molecule has 0 unspecified atom stereocenters. The van der Waals surface area contributed by atoms with Crippen LogP contribution < -0.4 is 19.7 Å². The highest BCUT2D eigenvalue weighted by molar-refractivity contribution is 7.90. The number of halogens is 1. The Hall–Kier alpha value is -2.59. The van der Waals surface area contributed by atoms with Crippen molar-refractivity contribution in [2.45, 2.75) is 68.6 Å². The molecule has 1 saturated carbocycles. The molecule has 244 valence electrons. The van der Waals surface area contributed by atoms with Crippen molar-refractivity contribution in [3.05, 3.63) is 70.3 Å². The largest absolute Gasteiger partial charge is 0.490 e. The first-order valence-electron chi connectivity index (χ1n) is 16.2. The van der Waals surface area contributed by atoms with Crippen LogP contribution in [0, 0.1) is 17.8 Å². The molecule has 2 aliphatic carbocycles. The molecule has 0 aromatic heterocycles. The molecule has 1 spiro atoms. The van der Waals surface area contributed by atoms with E-state index in [0.29, 0.717) is 36.8 Å². The van der Waals surface area contributed by atoms with Crippen molar-refractivity contribution in [1.29, 1.82) is 0 Å². The van der Waals surface area contributed by atoms with Crippen molar-refractivity contribution >= 4 is 33.2 Å². The van der Waals surface area contributed by atoms with Crippen LogP contribution in [-0.4, -0.2) is 65.6 Å². The SMILES string of the molecule is CNC[C@]1(OC)/C=C/C[C@H](C)[C@@H](C)S(=O)(=O)NC(=O)c2ccc3c(c2)N(C[C@@H]2CC[C@H]21)C[C@@]1(CCCc2cc(Cl)ccc21)CO3. The lowest BCUT2D eigenvalue weighted by atomic mass is 9.63. The highest BCUT2D eigenvalue weighted by atomic mass is 35.5. The number of hydrogen-bond acceptors (Lipinski definition) is 7. The molecule has 45 heavy (non-hydrogen) atoms. The van der Waals surface area contributed by atoms with Gasteiger partial charge in [0, 0.05) is 42.7 Å². The van der Waals surface area contributed by atoms with Crippen molar-refractivity contribution in [3.8, 4) is 5.75 Å². The zero-order valence-corrected chi connectivity index (χ0v) is 28.3. The molecule has 1 amide bonds. The summed E-state index contributed by atoms with van der Waals surface area (Å²) in [5.74, 6) is 0.495. The van der Waals surface area contributed by atoms with Gasteiger partial charge in [-0.1, -0.05) is 36.7 Å². The number of nitrogens with one attached hydrogen (secondary N) is 2. The number of fused-ring (bicyclic) bond motifs is 4. The molecule has 1 fully saturated rings. The second-order valence-corrected chi connectivity index (χ2v) is 16.2. The van der Waals surface area contributed by atoms with Gasteiger partial charge in [-0.3, -0.25) is 4.79 Å². The Kier molecular flexibility index (Phi) is 9.02. The van der Waals surface area contributed by atoms with Gasteiger partial charge in [0.15, 0.2) is 0 Å². The van der Waals surface area contributed by atoms with Crippen molar-refractivity contribution in [3.63, 3.8) is 0 Å². The summed E-state index contributed by atoms with van der Waals surface area (Å²) >= 11 is 6.44. The fourth-order valence-electron chi connectivity index (χ4n) is 8.11. The molecule has 0 radical (unpaired) electrons. The third-order valence-electron chi connectivity index (χ3n) is 11.1. The van der Waals surface area contributed by atoms with Gasteiger partial charge in [-0.15, -0.1) is 0 Å². The molecule has 0 saturated heterocycles. The van der Waals surface area contributed by atoms with Crippen LogP contribution in [0.4, 0.5) is 5.69 Å². The number of nitrogens with zero attached hydrogens (tertiary/aromatic N) is 1. The van der Waals surface area contributed by atoms with Crippen molar-refractivity contribution in [2.24, 2.45) is 17.8 Å². The predicted octanol–water partition coefficient (Wildman–Crippen LogP) is 5.49. The van der Waals surface area contributed by atoms with Gasteiger partial charge in [0.25, 0.3) is 5.91 Å². The molecule has 2 heterocycles. The zero-order valence-electron chi connectivity index (χ0n) is 26.8. The Labute approximate surface area is 272 Å². The lowest BCUT2D eigenvalue weighted by Gasteiger charge is -2.50. The van der Waals surface area contributed by atoms with E-state index in [1.165, 1.54) is 11.1 Å². The number of sulfonamides is 1. The van der Waals surface area contributed by atoms with E-state index in [9.17, 15) is 13.2 Å². The number of methoxy groups -OCH3 is 1. The first-order valence-corrected chi connectivity index (χ1v) is 18.2. The van der Waals surface area contributed by atoms with E-state index in [-0.39, 0.29) is 17.3 Å². The number of likely N-dealkylation sites (N-methyl/N-ethyl adjacent to an activating group) is 1. The summed E-state index contributed by atoms with van der Waals surface area (Å²) in [5, 5.41) is 3.34. The number of allylic oxidation sites excluding steroid dienone is 1. The molecule has 10 heteroatoms. The number of rotatable bonds is 3. The molecule has 8 nitrogen and oxygen atoms in total. The summed E-state index contributed by atoms with van der Waals surface area (Å²) in [5.41, 5.74) is 2.90. The Morgan fingerprint density at radius 1 is 1.18 bits per heavy atom. The minimum absolute atomic E-state index is 0.207. The molecule has 2 bridgehead atoms. The predicted molar refractivity (Wildman–Crippen MR) is 179 cm³/mol. The van der Waals surface area contributed by atoms with Crippen LogP contribution in [0.15, 0.2) is 48.6 Å². The van der Waals surface area contributed by atoms with Gasteiger partial charge < -0.3 is 19.7 Å². The topological polar surface area (TPSA) is 97.0 Å². The van der Waals surface area contributed by atoms with Gasteiger partial charge >= 0.3 is 0 Å². The zero-order chi connectivity index (χ0) is 32.0. The minimum Gasteiger partial charge on any atom is -0.490 e. The van der Waals surface area contributed by atoms with E-state index in [2.05, 4.69) is 39.2 Å². The maximum absolute atomic E-state index is 13.5. The first kappa shape index (κ1) is 32.4. The van der Waals surface area contributed by atoms with E-state index in [0.717, 1.165) is 55.9 Å². The van der Waals surface area contributed by atoms with Gasteiger partial charge in [0.1, 0.15) is 11.4 Å². The van der Waals surface area contributed by atoms with E-state index in [4.69, 9.17) is 21.1 Å². The van der Waals surface area contributed by atoms with E-state index >= 15 is 0 Å². The summed E-state index contributed by atoms with van der Waals surface area (Å²) in [4.78, 5) is 15.9. The summed E-state index contributed by atoms with van der Waals surface area (Å²) < 4.78 is 42.0. The van der Waals surface area contributed by atoms with E-state index < -0.39 is 26.8 Å². The smallest absolute Gasteiger partial charge is 0.264 e. The van der Waals surface area contributed by atoms with Gasteiger partial charge in [-0.05, 0) is 112 Å². The van der Waals surface area contributed by atoms with Crippen molar-refractivity contribution in [2.75, 3.05) is 45.3 Å². The molecule has 2 N–H and O–H groups in total. The van der Waals surface area contributed by atoms with Gasteiger partial charge in [-0.2, -0.15) is 0 Å². The molecular formula is C35H46ClN3O5S. The summed E-state index contributed by atoms with van der Waals surface area (Å²) in [6, 6.07) is 11.5. The molecule has 4 aliphatic rings. The van der Waals surface area contributed by atoms with Gasteiger partial charge in [0.2, 0.25) is 10.0 Å². The molecule has 6 atom stereocenters. The highest BCUT2D eigenvalue weighted by Crippen LogP contribution is 2.49. The number of carbonyl (C=O) groups excluding carboxylic acids is 1. The van der Waals surface area contributed by atoms with Crippen LogP contribution in [-0.2, 0) is 26.6 Å². The molecule has 2 aliphatic heterocycles. The third-order valence-corrected chi connectivity index (χ3v) is 13.2. The fourth-order valence-corrected chi connectivity index (χ4v) is 9.59. The quantitative estimate of drug-likeness (QED) is 0.423. The van der Waals surface area contributed by atoms with Crippen LogP contribution >= 0.6 is 11.6 Å².